The molecule has 0 spiro atoms. The van der Waals surface area contributed by atoms with Crippen LogP contribution in [0, 0.1) is 11.8 Å². The predicted molar refractivity (Wildman–Crippen MR) is 88.8 cm³/mol. The Kier molecular flexibility index (Phi) is 4.56. The van der Waals surface area contributed by atoms with Gasteiger partial charge in [0.1, 0.15) is 11.3 Å². The van der Waals surface area contributed by atoms with Gasteiger partial charge in [-0.25, -0.2) is 0 Å². The van der Waals surface area contributed by atoms with Crippen LogP contribution in [0.25, 0.3) is 11.0 Å². The third-order valence-corrected chi connectivity index (χ3v) is 5.09. The molecule has 1 aromatic heterocycles. The molecule has 3 unspecified atom stereocenters. The molecule has 1 N–H and O–H groups in total. The third kappa shape index (κ3) is 3.12. The Morgan fingerprint density at radius 3 is 2.86 bits per heavy atom. The summed E-state index contributed by atoms with van der Waals surface area (Å²) in [6, 6.07) is 8.33. The molecule has 1 aromatic carbocycles. The van der Waals surface area contributed by atoms with Gasteiger partial charge in [-0.1, -0.05) is 38.3 Å². The molecule has 0 radical (unpaired) electrons. The minimum atomic E-state index is 0.331. The Balaban J connectivity index is 1.88. The van der Waals surface area contributed by atoms with Crippen molar-refractivity contribution in [3.05, 3.63) is 35.0 Å². The van der Waals surface area contributed by atoms with E-state index in [-0.39, 0.29) is 0 Å². The van der Waals surface area contributed by atoms with E-state index in [2.05, 4.69) is 25.2 Å². The molecule has 21 heavy (non-hydrogen) atoms. The zero-order valence-corrected chi connectivity index (χ0v) is 13.6. The zero-order valence-electron chi connectivity index (χ0n) is 12.9. The minimum absolute atomic E-state index is 0.331. The number of furan rings is 1. The maximum atomic E-state index is 6.10. The Hall–Kier alpha value is -0.990. The highest BCUT2D eigenvalue weighted by Gasteiger charge is 2.32. The van der Waals surface area contributed by atoms with Crippen molar-refractivity contribution >= 4 is 22.6 Å². The summed E-state index contributed by atoms with van der Waals surface area (Å²) >= 11 is 6.08. The van der Waals surface area contributed by atoms with Crippen LogP contribution in [-0.2, 0) is 0 Å². The SMILES string of the molecule is CCNC(c1cc2cc(Cl)ccc2o1)C1CCC(CC)C1. The third-order valence-electron chi connectivity index (χ3n) is 4.86. The van der Waals surface area contributed by atoms with Gasteiger partial charge in [-0.3, -0.25) is 0 Å². The largest absolute Gasteiger partial charge is 0.459 e. The van der Waals surface area contributed by atoms with Crippen molar-refractivity contribution in [2.45, 2.75) is 45.6 Å². The van der Waals surface area contributed by atoms with Crippen LogP contribution >= 0.6 is 11.6 Å². The first-order valence-corrected chi connectivity index (χ1v) is 8.51. The minimum Gasteiger partial charge on any atom is -0.459 e. The number of hydrogen-bond acceptors (Lipinski definition) is 2. The van der Waals surface area contributed by atoms with Crippen molar-refractivity contribution in [3.63, 3.8) is 0 Å². The summed E-state index contributed by atoms with van der Waals surface area (Å²) < 4.78 is 6.10. The first-order valence-electron chi connectivity index (χ1n) is 8.13. The highest BCUT2D eigenvalue weighted by molar-refractivity contribution is 6.31. The van der Waals surface area contributed by atoms with E-state index in [0.29, 0.717) is 12.0 Å². The van der Waals surface area contributed by atoms with E-state index < -0.39 is 0 Å². The predicted octanol–water partition coefficient (Wildman–Crippen LogP) is 5.56. The zero-order chi connectivity index (χ0) is 14.8. The average Bonchev–Trinajstić information content (AvgIpc) is 3.10. The molecule has 3 rings (SSSR count). The van der Waals surface area contributed by atoms with Crippen LogP contribution in [0.5, 0.6) is 0 Å². The van der Waals surface area contributed by atoms with Crippen LogP contribution in [0.4, 0.5) is 0 Å². The number of nitrogens with one attached hydrogen (secondary N) is 1. The number of hydrogen-bond donors (Lipinski definition) is 1. The van der Waals surface area contributed by atoms with Crippen molar-refractivity contribution in [1.29, 1.82) is 0 Å². The van der Waals surface area contributed by atoms with Gasteiger partial charge in [0.2, 0.25) is 0 Å². The molecule has 1 saturated carbocycles. The molecule has 1 heterocycles. The Morgan fingerprint density at radius 1 is 1.29 bits per heavy atom. The Labute approximate surface area is 131 Å². The quantitative estimate of drug-likeness (QED) is 0.782. The van der Waals surface area contributed by atoms with Crippen molar-refractivity contribution in [1.82, 2.24) is 5.32 Å². The summed E-state index contributed by atoms with van der Waals surface area (Å²) in [5.74, 6) is 2.64. The smallest absolute Gasteiger partial charge is 0.134 e. The van der Waals surface area contributed by atoms with Gasteiger partial charge in [-0.05, 0) is 55.5 Å². The van der Waals surface area contributed by atoms with Crippen LogP contribution in [0.2, 0.25) is 5.02 Å². The van der Waals surface area contributed by atoms with Gasteiger partial charge in [0.25, 0.3) is 0 Å². The van der Waals surface area contributed by atoms with Crippen molar-refractivity contribution in [3.8, 4) is 0 Å². The molecule has 114 valence electrons. The number of halogens is 1. The fourth-order valence-corrected chi connectivity index (χ4v) is 3.88. The molecule has 3 heteroatoms. The molecular weight excluding hydrogens is 282 g/mol. The fraction of sp³-hybridized carbons (Fsp3) is 0.556. The Bertz CT molecular complexity index is 606. The van der Waals surface area contributed by atoms with Gasteiger partial charge in [0.05, 0.1) is 6.04 Å². The second-order valence-electron chi connectivity index (χ2n) is 6.21. The van der Waals surface area contributed by atoms with E-state index in [1.807, 2.05) is 18.2 Å². The molecule has 2 aromatic rings. The number of benzene rings is 1. The lowest BCUT2D eigenvalue weighted by molar-refractivity contribution is 0.315. The van der Waals surface area contributed by atoms with Gasteiger partial charge in [0.15, 0.2) is 0 Å². The first-order chi connectivity index (χ1) is 10.2. The van der Waals surface area contributed by atoms with Gasteiger partial charge >= 0.3 is 0 Å². The van der Waals surface area contributed by atoms with Gasteiger partial charge < -0.3 is 9.73 Å². The lowest BCUT2D eigenvalue weighted by Gasteiger charge is -2.22. The molecule has 1 fully saturated rings. The van der Waals surface area contributed by atoms with Crippen LogP contribution in [0.1, 0.15) is 51.3 Å². The van der Waals surface area contributed by atoms with E-state index in [1.165, 1.54) is 25.7 Å². The molecule has 1 aliphatic carbocycles. The summed E-state index contributed by atoms with van der Waals surface area (Å²) in [4.78, 5) is 0. The summed E-state index contributed by atoms with van der Waals surface area (Å²) in [6.45, 7) is 5.44. The van der Waals surface area contributed by atoms with Crippen LogP contribution in [0.3, 0.4) is 0 Å². The number of rotatable bonds is 5. The van der Waals surface area contributed by atoms with Crippen LogP contribution in [0.15, 0.2) is 28.7 Å². The maximum Gasteiger partial charge on any atom is 0.134 e. The van der Waals surface area contributed by atoms with E-state index in [9.17, 15) is 0 Å². The fourth-order valence-electron chi connectivity index (χ4n) is 3.69. The molecule has 0 bridgehead atoms. The molecule has 2 nitrogen and oxygen atoms in total. The van der Waals surface area contributed by atoms with Crippen LogP contribution < -0.4 is 5.32 Å². The molecule has 3 atom stereocenters. The van der Waals surface area contributed by atoms with Gasteiger partial charge in [-0.2, -0.15) is 0 Å². The van der Waals surface area contributed by atoms with E-state index in [4.69, 9.17) is 16.0 Å². The normalized spacial score (nSPS) is 23.8. The lowest BCUT2D eigenvalue weighted by atomic mass is 9.94. The standard InChI is InChI=1S/C18H24ClNO/c1-3-12-5-6-13(9-12)18(20-4-2)17-11-14-10-15(19)7-8-16(14)21-17/h7-8,10-13,18,20H,3-6,9H2,1-2H3. The second-order valence-corrected chi connectivity index (χ2v) is 6.65. The molecular formula is C18H24ClNO. The van der Waals surface area contributed by atoms with E-state index in [0.717, 1.165) is 34.2 Å². The van der Waals surface area contributed by atoms with Gasteiger partial charge in [-0.15, -0.1) is 0 Å². The first kappa shape index (κ1) is 14.9. The molecule has 0 aliphatic heterocycles. The van der Waals surface area contributed by atoms with Crippen molar-refractivity contribution < 1.29 is 4.42 Å². The molecule has 0 saturated heterocycles. The van der Waals surface area contributed by atoms with E-state index >= 15 is 0 Å². The summed E-state index contributed by atoms with van der Waals surface area (Å²) in [5.41, 5.74) is 0.933. The topological polar surface area (TPSA) is 25.2 Å². The highest BCUT2D eigenvalue weighted by Crippen LogP contribution is 2.41. The molecule has 0 amide bonds. The lowest BCUT2D eigenvalue weighted by Crippen LogP contribution is -2.26. The van der Waals surface area contributed by atoms with Crippen LogP contribution in [-0.4, -0.2) is 6.54 Å². The second kappa shape index (κ2) is 6.41. The Morgan fingerprint density at radius 2 is 2.14 bits per heavy atom. The number of fused-ring (bicyclic) bond motifs is 1. The summed E-state index contributed by atoms with van der Waals surface area (Å²) in [7, 11) is 0. The monoisotopic (exact) mass is 305 g/mol. The summed E-state index contributed by atoms with van der Waals surface area (Å²) in [5, 5.41) is 5.50. The summed E-state index contributed by atoms with van der Waals surface area (Å²) in [6.07, 6.45) is 5.26. The van der Waals surface area contributed by atoms with Crippen molar-refractivity contribution in [2.24, 2.45) is 11.8 Å². The molecule has 1 aliphatic rings. The van der Waals surface area contributed by atoms with E-state index in [1.54, 1.807) is 0 Å². The highest BCUT2D eigenvalue weighted by atomic mass is 35.5. The maximum absolute atomic E-state index is 6.10. The van der Waals surface area contributed by atoms with Gasteiger partial charge in [0, 0.05) is 10.4 Å². The average molecular weight is 306 g/mol. The van der Waals surface area contributed by atoms with Crippen molar-refractivity contribution in [2.75, 3.05) is 6.54 Å².